The summed E-state index contributed by atoms with van der Waals surface area (Å²) in [5.74, 6) is -0.690. The Bertz CT molecular complexity index is 771. The van der Waals surface area contributed by atoms with Crippen LogP contribution in [0.15, 0.2) is 67.0 Å². The highest BCUT2D eigenvalue weighted by Gasteiger charge is 2.07. The number of pyridine rings is 2. The predicted molar refractivity (Wildman–Crippen MR) is 81.8 cm³/mol. The molecule has 2 heterocycles. The molecule has 0 fully saturated rings. The molecule has 108 valence electrons. The van der Waals surface area contributed by atoms with Crippen LogP contribution in [0.3, 0.4) is 0 Å². The molecule has 1 amide bonds. The zero-order valence-corrected chi connectivity index (χ0v) is 11.5. The number of hydrogen-bond acceptors (Lipinski definition) is 3. The molecule has 0 saturated carbocycles. The van der Waals surface area contributed by atoms with Crippen molar-refractivity contribution in [1.82, 2.24) is 9.97 Å². The highest BCUT2D eigenvalue weighted by molar-refractivity contribution is 6.04. The predicted octanol–water partition coefficient (Wildman–Crippen LogP) is 3.54. The van der Waals surface area contributed by atoms with Crippen LogP contribution in [-0.4, -0.2) is 15.9 Å². The first-order chi connectivity index (χ1) is 10.7. The molecule has 0 aliphatic heterocycles. The van der Waals surface area contributed by atoms with E-state index in [2.05, 4.69) is 15.3 Å². The Labute approximate surface area is 126 Å². The van der Waals surface area contributed by atoms with Gasteiger partial charge in [0.05, 0.1) is 23.3 Å². The van der Waals surface area contributed by atoms with E-state index in [0.717, 1.165) is 11.4 Å². The molecule has 0 aliphatic carbocycles. The van der Waals surface area contributed by atoms with Crippen molar-refractivity contribution in [3.05, 3.63) is 78.4 Å². The number of benzene rings is 1. The van der Waals surface area contributed by atoms with Gasteiger partial charge in [-0.3, -0.25) is 14.8 Å². The fourth-order valence-electron chi connectivity index (χ4n) is 1.94. The van der Waals surface area contributed by atoms with Crippen LogP contribution in [0.1, 0.15) is 10.4 Å². The van der Waals surface area contributed by atoms with Gasteiger partial charge in [-0.1, -0.05) is 6.07 Å². The minimum absolute atomic E-state index is 0.313. The van der Waals surface area contributed by atoms with Gasteiger partial charge in [-0.2, -0.15) is 0 Å². The third-order valence-electron chi connectivity index (χ3n) is 3.06. The number of nitrogens with one attached hydrogen (secondary N) is 1. The maximum absolute atomic E-state index is 12.8. The van der Waals surface area contributed by atoms with E-state index in [1.54, 1.807) is 24.5 Å². The Morgan fingerprint density at radius 3 is 2.32 bits per heavy atom. The molecule has 0 aliphatic rings. The van der Waals surface area contributed by atoms with Crippen LogP contribution in [0.2, 0.25) is 0 Å². The summed E-state index contributed by atoms with van der Waals surface area (Å²) in [6, 6.07) is 14.5. The molecular weight excluding hydrogens is 281 g/mol. The van der Waals surface area contributed by atoms with E-state index in [9.17, 15) is 9.18 Å². The summed E-state index contributed by atoms with van der Waals surface area (Å²) in [7, 11) is 0. The van der Waals surface area contributed by atoms with Crippen LogP contribution < -0.4 is 5.32 Å². The van der Waals surface area contributed by atoms with Crippen LogP contribution in [-0.2, 0) is 0 Å². The second-order valence-corrected chi connectivity index (χ2v) is 4.61. The lowest BCUT2D eigenvalue weighted by molar-refractivity contribution is 0.102. The molecular formula is C17H12FN3O. The highest BCUT2D eigenvalue weighted by Crippen LogP contribution is 2.16. The van der Waals surface area contributed by atoms with E-state index in [1.807, 2.05) is 18.2 Å². The van der Waals surface area contributed by atoms with E-state index >= 15 is 0 Å². The number of aromatic nitrogens is 2. The first-order valence-electron chi connectivity index (χ1n) is 6.67. The molecule has 5 heteroatoms. The van der Waals surface area contributed by atoms with Crippen LogP contribution in [0.5, 0.6) is 0 Å². The van der Waals surface area contributed by atoms with Gasteiger partial charge in [-0.25, -0.2) is 4.39 Å². The molecule has 0 bridgehead atoms. The second kappa shape index (κ2) is 6.13. The summed E-state index contributed by atoms with van der Waals surface area (Å²) < 4.78 is 12.8. The molecule has 0 unspecified atom stereocenters. The summed E-state index contributed by atoms with van der Waals surface area (Å²) >= 11 is 0. The Morgan fingerprint density at radius 2 is 1.68 bits per heavy atom. The van der Waals surface area contributed by atoms with Gasteiger partial charge in [-0.15, -0.1) is 0 Å². The molecule has 0 saturated heterocycles. The minimum Gasteiger partial charge on any atom is -0.321 e. The van der Waals surface area contributed by atoms with Crippen LogP contribution in [0.25, 0.3) is 11.4 Å². The van der Waals surface area contributed by atoms with Gasteiger partial charge >= 0.3 is 0 Å². The minimum atomic E-state index is -0.377. The molecule has 4 nitrogen and oxygen atoms in total. The summed E-state index contributed by atoms with van der Waals surface area (Å²) in [5.41, 5.74) is 2.43. The summed E-state index contributed by atoms with van der Waals surface area (Å²) in [6.07, 6.45) is 3.26. The van der Waals surface area contributed by atoms with Crippen LogP contribution >= 0.6 is 0 Å². The first kappa shape index (κ1) is 13.9. The number of anilines is 1. The topological polar surface area (TPSA) is 54.9 Å². The molecule has 22 heavy (non-hydrogen) atoms. The SMILES string of the molecule is O=C(Nc1ccc(-c2ccccn2)nc1)c1ccc(F)cc1. The number of carbonyl (C=O) groups is 1. The fraction of sp³-hybridized carbons (Fsp3) is 0. The van der Waals surface area contributed by atoms with Gasteiger partial charge in [0.25, 0.3) is 5.91 Å². The standard InChI is InChI=1S/C17H12FN3O/c18-13-6-4-12(5-7-13)17(22)21-14-8-9-16(20-11-14)15-3-1-2-10-19-15/h1-11H,(H,21,22). The molecule has 3 rings (SSSR count). The van der Waals surface area contributed by atoms with Gasteiger partial charge in [0, 0.05) is 11.8 Å². The van der Waals surface area contributed by atoms with Crippen molar-refractivity contribution in [2.45, 2.75) is 0 Å². The number of halogens is 1. The summed E-state index contributed by atoms with van der Waals surface area (Å²) in [4.78, 5) is 20.5. The molecule has 1 aromatic carbocycles. The maximum Gasteiger partial charge on any atom is 0.255 e. The van der Waals surface area contributed by atoms with Crippen molar-refractivity contribution in [2.75, 3.05) is 5.32 Å². The smallest absolute Gasteiger partial charge is 0.255 e. The van der Waals surface area contributed by atoms with Crippen molar-refractivity contribution in [2.24, 2.45) is 0 Å². The van der Waals surface area contributed by atoms with E-state index < -0.39 is 0 Å². The van der Waals surface area contributed by atoms with Gasteiger partial charge in [0.15, 0.2) is 0 Å². The lowest BCUT2D eigenvalue weighted by Gasteiger charge is -2.06. The van der Waals surface area contributed by atoms with Crippen molar-refractivity contribution in [3.8, 4) is 11.4 Å². The first-order valence-corrected chi connectivity index (χ1v) is 6.67. The van der Waals surface area contributed by atoms with Gasteiger partial charge in [0.1, 0.15) is 5.82 Å². The molecule has 0 radical (unpaired) electrons. The van der Waals surface area contributed by atoms with Crippen molar-refractivity contribution in [1.29, 1.82) is 0 Å². The van der Waals surface area contributed by atoms with Crippen LogP contribution in [0.4, 0.5) is 10.1 Å². The number of nitrogens with zero attached hydrogens (tertiary/aromatic N) is 2. The van der Waals surface area contributed by atoms with E-state index in [4.69, 9.17) is 0 Å². The second-order valence-electron chi connectivity index (χ2n) is 4.61. The zero-order chi connectivity index (χ0) is 15.4. The van der Waals surface area contributed by atoms with Crippen molar-refractivity contribution < 1.29 is 9.18 Å². The van der Waals surface area contributed by atoms with Gasteiger partial charge in [0.2, 0.25) is 0 Å². The average Bonchev–Trinajstić information content (AvgIpc) is 2.57. The maximum atomic E-state index is 12.8. The Balaban J connectivity index is 1.73. The molecule has 1 N–H and O–H groups in total. The number of carbonyl (C=O) groups excluding carboxylic acids is 1. The normalized spacial score (nSPS) is 10.2. The zero-order valence-electron chi connectivity index (χ0n) is 11.5. The van der Waals surface area contributed by atoms with Crippen LogP contribution in [0, 0.1) is 5.82 Å². The quantitative estimate of drug-likeness (QED) is 0.803. The summed E-state index contributed by atoms with van der Waals surface area (Å²) in [5, 5.41) is 2.71. The summed E-state index contributed by atoms with van der Waals surface area (Å²) in [6.45, 7) is 0. The highest BCUT2D eigenvalue weighted by atomic mass is 19.1. The number of rotatable bonds is 3. The third kappa shape index (κ3) is 3.15. The Morgan fingerprint density at radius 1 is 0.909 bits per heavy atom. The number of amides is 1. The van der Waals surface area contributed by atoms with Crippen molar-refractivity contribution >= 4 is 11.6 Å². The largest absolute Gasteiger partial charge is 0.321 e. The molecule has 0 spiro atoms. The molecule has 2 aromatic heterocycles. The lowest BCUT2D eigenvalue weighted by Crippen LogP contribution is -2.12. The number of hydrogen-bond donors (Lipinski definition) is 1. The lowest BCUT2D eigenvalue weighted by atomic mass is 10.2. The third-order valence-corrected chi connectivity index (χ3v) is 3.06. The fourth-order valence-corrected chi connectivity index (χ4v) is 1.94. The van der Waals surface area contributed by atoms with E-state index in [-0.39, 0.29) is 11.7 Å². The Hall–Kier alpha value is -3.08. The Kier molecular flexibility index (Phi) is 3.87. The van der Waals surface area contributed by atoms with Gasteiger partial charge < -0.3 is 5.32 Å². The molecule has 0 atom stereocenters. The van der Waals surface area contributed by atoms with Crippen molar-refractivity contribution in [3.63, 3.8) is 0 Å². The van der Waals surface area contributed by atoms with Gasteiger partial charge in [-0.05, 0) is 48.5 Å². The monoisotopic (exact) mass is 293 g/mol. The average molecular weight is 293 g/mol. The van der Waals surface area contributed by atoms with E-state index in [1.165, 1.54) is 24.3 Å². The molecule has 3 aromatic rings. The van der Waals surface area contributed by atoms with E-state index in [0.29, 0.717) is 11.3 Å².